The van der Waals surface area contributed by atoms with Gasteiger partial charge in [-0.1, -0.05) is 24.3 Å². The van der Waals surface area contributed by atoms with E-state index in [1.807, 2.05) is 24.3 Å². The van der Waals surface area contributed by atoms with E-state index < -0.39 is 0 Å². The summed E-state index contributed by atoms with van der Waals surface area (Å²) in [5, 5.41) is 4.13. The minimum atomic E-state index is -0.184. The zero-order valence-electron chi connectivity index (χ0n) is 20.9. The molecule has 0 saturated carbocycles. The molecule has 3 aromatic heterocycles. The van der Waals surface area contributed by atoms with Gasteiger partial charge in [0, 0.05) is 41.1 Å². The van der Waals surface area contributed by atoms with E-state index in [0.717, 1.165) is 31.8 Å². The van der Waals surface area contributed by atoms with Gasteiger partial charge in [-0.2, -0.15) is 0 Å². The Morgan fingerprint density at radius 3 is 2.65 bits per heavy atom. The Bertz CT molecular complexity index is 1600. The monoisotopic (exact) mass is 509 g/mol. The Morgan fingerprint density at radius 2 is 1.81 bits per heavy atom. The summed E-state index contributed by atoms with van der Waals surface area (Å²) in [5.74, 6) is 0.745. The van der Waals surface area contributed by atoms with Gasteiger partial charge in [-0.25, -0.2) is 19.9 Å². The zero-order valence-corrected chi connectivity index (χ0v) is 21.7. The molecule has 0 saturated heterocycles. The van der Waals surface area contributed by atoms with Crippen LogP contribution in [0, 0.1) is 13.8 Å². The number of aromatic nitrogens is 4. The summed E-state index contributed by atoms with van der Waals surface area (Å²) in [6.45, 7) is 5.16. The smallest absolute Gasteiger partial charge is 0.276 e. The molecule has 0 aliphatic heterocycles. The van der Waals surface area contributed by atoms with Crippen molar-refractivity contribution in [1.82, 2.24) is 24.8 Å². The van der Waals surface area contributed by atoms with Crippen molar-refractivity contribution in [1.29, 1.82) is 0 Å². The molecule has 0 aliphatic carbocycles. The quantitative estimate of drug-likeness (QED) is 0.309. The third kappa shape index (κ3) is 5.26. The van der Waals surface area contributed by atoms with Gasteiger partial charge in [0.1, 0.15) is 12.1 Å². The van der Waals surface area contributed by atoms with E-state index in [1.165, 1.54) is 17.5 Å². The molecule has 0 spiro atoms. The van der Waals surface area contributed by atoms with Gasteiger partial charge in [0.2, 0.25) is 0 Å². The molecular weight excluding hydrogens is 482 g/mol. The fourth-order valence-corrected chi connectivity index (χ4v) is 5.02. The van der Waals surface area contributed by atoms with Crippen molar-refractivity contribution in [3.05, 3.63) is 94.5 Å². The number of benzene rings is 2. The van der Waals surface area contributed by atoms with Crippen molar-refractivity contribution < 1.29 is 4.79 Å². The highest BCUT2D eigenvalue weighted by atomic mass is 32.1. The Hall–Kier alpha value is -4.37. The Labute approximate surface area is 219 Å². The number of carbonyl (C=O) groups is 1. The second-order valence-corrected chi connectivity index (χ2v) is 10.1. The molecule has 3 heterocycles. The van der Waals surface area contributed by atoms with Crippen LogP contribution >= 0.6 is 11.3 Å². The molecule has 1 amide bonds. The minimum Gasteiger partial charge on any atom is -0.383 e. The topological polar surface area (TPSA) is 110 Å². The molecule has 3 N–H and O–H groups in total. The second-order valence-electron chi connectivity index (χ2n) is 8.94. The number of amides is 1. The van der Waals surface area contributed by atoms with Gasteiger partial charge in [-0.3, -0.25) is 4.79 Å². The summed E-state index contributed by atoms with van der Waals surface area (Å²) in [5.41, 5.74) is 11.7. The predicted molar refractivity (Wildman–Crippen MR) is 148 cm³/mol. The van der Waals surface area contributed by atoms with Crippen LogP contribution in [0.4, 0.5) is 11.6 Å². The third-order valence-electron chi connectivity index (χ3n) is 6.28. The molecule has 5 rings (SSSR count). The molecule has 0 atom stereocenters. The van der Waals surface area contributed by atoms with Gasteiger partial charge in [0.05, 0.1) is 12.1 Å². The van der Waals surface area contributed by atoms with Crippen molar-refractivity contribution in [3.63, 3.8) is 0 Å². The van der Waals surface area contributed by atoms with Crippen molar-refractivity contribution in [2.75, 3.05) is 18.1 Å². The van der Waals surface area contributed by atoms with E-state index in [2.05, 4.69) is 63.4 Å². The highest BCUT2D eigenvalue weighted by Gasteiger charge is 2.19. The van der Waals surface area contributed by atoms with Crippen LogP contribution in [0.5, 0.6) is 0 Å². The van der Waals surface area contributed by atoms with Crippen LogP contribution in [0.3, 0.4) is 0 Å². The summed E-state index contributed by atoms with van der Waals surface area (Å²) >= 11 is 1.66. The van der Waals surface area contributed by atoms with Gasteiger partial charge >= 0.3 is 0 Å². The SMILES string of the molecule is Cc1ccc(CN(C)C(=O)c2nccnc2NCc2ccc(-c3ccc4ncnc(N)c4c3)s2)cc1C. The van der Waals surface area contributed by atoms with Gasteiger partial charge in [-0.05, 0) is 60.4 Å². The van der Waals surface area contributed by atoms with Crippen LogP contribution in [0.15, 0.2) is 67.3 Å². The molecule has 0 fully saturated rings. The lowest BCUT2D eigenvalue weighted by atomic mass is 10.1. The number of anilines is 2. The van der Waals surface area contributed by atoms with Crippen LogP contribution in [-0.4, -0.2) is 37.8 Å². The first kappa shape index (κ1) is 24.3. The predicted octanol–water partition coefficient (Wildman–Crippen LogP) is 5.23. The van der Waals surface area contributed by atoms with Crippen molar-refractivity contribution >= 4 is 39.8 Å². The molecule has 37 heavy (non-hydrogen) atoms. The molecule has 0 bridgehead atoms. The maximum Gasteiger partial charge on any atom is 0.276 e. The molecule has 5 aromatic rings. The Morgan fingerprint density at radius 1 is 0.973 bits per heavy atom. The molecule has 9 heteroatoms. The number of rotatable bonds is 7. The van der Waals surface area contributed by atoms with Crippen molar-refractivity contribution in [3.8, 4) is 10.4 Å². The summed E-state index contributed by atoms with van der Waals surface area (Å²) < 4.78 is 0. The lowest BCUT2D eigenvalue weighted by Crippen LogP contribution is -2.28. The number of nitrogens with two attached hydrogens (primary N) is 1. The number of aryl methyl sites for hydroxylation is 2. The van der Waals surface area contributed by atoms with Gasteiger partial charge in [0.25, 0.3) is 5.91 Å². The maximum absolute atomic E-state index is 13.2. The van der Waals surface area contributed by atoms with E-state index >= 15 is 0 Å². The number of carbonyl (C=O) groups excluding carboxylic acids is 1. The first-order chi connectivity index (χ1) is 17.9. The molecule has 0 aliphatic rings. The normalized spacial score (nSPS) is 11.0. The largest absolute Gasteiger partial charge is 0.383 e. The molecule has 2 aromatic carbocycles. The van der Waals surface area contributed by atoms with E-state index in [9.17, 15) is 4.79 Å². The summed E-state index contributed by atoms with van der Waals surface area (Å²) in [6, 6.07) is 16.4. The number of hydrogen-bond donors (Lipinski definition) is 2. The van der Waals surface area contributed by atoms with Crippen molar-refractivity contribution in [2.45, 2.75) is 26.9 Å². The Kier molecular flexibility index (Phi) is 6.78. The van der Waals surface area contributed by atoms with Gasteiger partial charge in [-0.15, -0.1) is 11.3 Å². The van der Waals surface area contributed by atoms with Crippen LogP contribution in [0.1, 0.15) is 32.1 Å². The fraction of sp³-hybridized carbons (Fsp3) is 0.179. The summed E-state index contributed by atoms with van der Waals surface area (Å²) in [6.07, 6.45) is 4.60. The average molecular weight is 510 g/mol. The van der Waals surface area contributed by atoms with E-state index in [4.69, 9.17) is 5.73 Å². The summed E-state index contributed by atoms with van der Waals surface area (Å²) in [4.78, 5) is 34.2. The zero-order chi connectivity index (χ0) is 25.9. The molecule has 0 radical (unpaired) electrons. The average Bonchev–Trinajstić information content (AvgIpc) is 3.38. The highest BCUT2D eigenvalue weighted by Crippen LogP contribution is 2.31. The van der Waals surface area contributed by atoms with E-state index in [1.54, 1.807) is 35.7 Å². The summed E-state index contributed by atoms with van der Waals surface area (Å²) in [7, 11) is 1.78. The first-order valence-corrected chi connectivity index (χ1v) is 12.7. The van der Waals surface area contributed by atoms with Crippen LogP contribution in [0.2, 0.25) is 0 Å². The van der Waals surface area contributed by atoms with E-state index in [0.29, 0.717) is 30.4 Å². The lowest BCUT2D eigenvalue weighted by molar-refractivity contribution is 0.0780. The number of fused-ring (bicyclic) bond motifs is 1. The number of nitrogens with zero attached hydrogens (tertiary/aromatic N) is 5. The number of nitrogens with one attached hydrogen (secondary N) is 1. The molecule has 186 valence electrons. The van der Waals surface area contributed by atoms with E-state index in [-0.39, 0.29) is 5.91 Å². The lowest BCUT2D eigenvalue weighted by Gasteiger charge is -2.19. The molecule has 0 unspecified atom stereocenters. The number of nitrogen functional groups attached to an aromatic ring is 1. The number of thiophene rings is 1. The second kappa shape index (κ2) is 10.3. The first-order valence-electron chi connectivity index (χ1n) is 11.8. The highest BCUT2D eigenvalue weighted by molar-refractivity contribution is 7.15. The van der Waals surface area contributed by atoms with Crippen LogP contribution in [0.25, 0.3) is 21.3 Å². The minimum absolute atomic E-state index is 0.184. The number of hydrogen-bond acceptors (Lipinski definition) is 8. The van der Waals surface area contributed by atoms with Gasteiger partial charge < -0.3 is 16.0 Å². The maximum atomic E-state index is 13.2. The van der Waals surface area contributed by atoms with Gasteiger partial charge in [0.15, 0.2) is 11.5 Å². The third-order valence-corrected chi connectivity index (χ3v) is 7.42. The van der Waals surface area contributed by atoms with Crippen LogP contribution < -0.4 is 11.1 Å². The Balaban J connectivity index is 1.29. The molecular formula is C28H27N7OS. The van der Waals surface area contributed by atoms with Crippen LogP contribution in [-0.2, 0) is 13.1 Å². The fourth-order valence-electron chi connectivity index (χ4n) is 4.08. The van der Waals surface area contributed by atoms with Crippen molar-refractivity contribution in [2.24, 2.45) is 0 Å². The standard InChI is InChI=1S/C28H27N7OS/c1-17-4-5-19(12-18(17)2)15-35(3)28(36)25-27(31-11-10-30-25)32-14-21-7-9-24(37-21)20-6-8-23-22(13-20)26(29)34-16-33-23/h4-13,16H,14-15H2,1-3H3,(H,31,32)(H2,29,33,34). The molecule has 8 nitrogen and oxygen atoms in total.